The van der Waals surface area contributed by atoms with Gasteiger partial charge >= 0.3 is 6.09 Å². The van der Waals surface area contributed by atoms with Crippen LogP contribution in [0, 0.1) is 0 Å². The minimum atomic E-state index is -0.488. The Morgan fingerprint density at radius 2 is 2.22 bits per heavy atom. The molecule has 2 rings (SSSR count). The zero-order valence-electron chi connectivity index (χ0n) is 14.3. The Bertz CT molecular complexity index is 554. The van der Waals surface area contributed by atoms with E-state index in [2.05, 4.69) is 5.32 Å². The molecule has 1 aromatic rings. The minimum Gasteiger partial charge on any atom is -0.508 e. The van der Waals surface area contributed by atoms with Gasteiger partial charge in [-0.15, -0.1) is 0 Å². The number of phenols is 1. The standard InChI is InChI=1S/C17H26N2O4/c1-5-19(16(21)23-17(2,3)4)9-8-18-14-11-22-15-10-12(20)6-7-13(14)15/h6-7,10,14,18,20H,5,8-9,11H2,1-4H3. The fourth-order valence-electron chi connectivity index (χ4n) is 2.45. The van der Waals surface area contributed by atoms with Gasteiger partial charge in [0.25, 0.3) is 0 Å². The lowest BCUT2D eigenvalue weighted by Crippen LogP contribution is -2.41. The molecule has 1 aliphatic heterocycles. The maximum atomic E-state index is 12.1. The molecule has 1 amide bonds. The molecule has 1 unspecified atom stereocenters. The second-order valence-electron chi connectivity index (χ2n) is 6.60. The van der Waals surface area contributed by atoms with Gasteiger partial charge < -0.3 is 24.8 Å². The van der Waals surface area contributed by atoms with E-state index in [-0.39, 0.29) is 17.9 Å². The summed E-state index contributed by atoms with van der Waals surface area (Å²) in [4.78, 5) is 13.7. The van der Waals surface area contributed by atoms with Crippen LogP contribution in [0.1, 0.15) is 39.3 Å². The fraction of sp³-hybridized carbons (Fsp3) is 0.588. The van der Waals surface area contributed by atoms with Gasteiger partial charge in [-0.1, -0.05) is 0 Å². The van der Waals surface area contributed by atoms with Gasteiger partial charge in [0.05, 0.1) is 6.04 Å². The summed E-state index contributed by atoms with van der Waals surface area (Å²) in [6.07, 6.45) is -0.296. The van der Waals surface area contributed by atoms with Crippen molar-refractivity contribution >= 4 is 6.09 Å². The maximum absolute atomic E-state index is 12.1. The van der Waals surface area contributed by atoms with Gasteiger partial charge in [0.2, 0.25) is 0 Å². The van der Waals surface area contributed by atoms with E-state index in [1.807, 2.05) is 33.8 Å². The number of likely N-dealkylation sites (N-methyl/N-ethyl adjacent to an activating group) is 1. The quantitative estimate of drug-likeness (QED) is 0.872. The molecule has 1 aliphatic rings. The number of ether oxygens (including phenoxy) is 2. The number of carbonyl (C=O) groups is 1. The summed E-state index contributed by atoms with van der Waals surface area (Å²) in [5.74, 6) is 0.911. The Labute approximate surface area is 137 Å². The number of hydrogen-bond acceptors (Lipinski definition) is 5. The van der Waals surface area contributed by atoms with Crippen molar-refractivity contribution < 1.29 is 19.4 Å². The van der Waals surface area contributed by atoms with Gasteiger partial charge in [-0.2, -0.15) is 0 Å². The van der Waals surface area contributed by atoms with Crippen molar-refractivity contribution in [2.45, 2.75) is 39.3 Å². The van der Waals surface area contributed by atoms with Crippen LogP contribution in [0.2, 0.25) is 0 Å². The van der Waals surface area contributed by atoms with E-state index >= 15 is 0 Å². The van der Waals surface area contributed by atoms with Crippen molar-refractivity contribution in [2.75, 3.05) is 26.2 Å². The third-order valence-electron chi connectivity index (χ3n) is 3.58. The summed E-state index contributed by atoms with van der Waals surface area (Å²) in [6, 6.07) is 5.21. The Balaban J connectivity index is 1.84. The van der Waals surface area contributed by atoms with E-state index in [9.17, 15) is 9.90 Å². The third-order valence-corrected chi connectivity index (χ3v) is 3.58. The van der Waals surface area contributed by atoms with E-state index < -0.39 is 5.60 Å². The lowest BCUT2D eigenvalue weighted by molar-refractivity contribution is 0.0260. The molecular formula is C17H26N2O4. The highest BCUT2D eigenvalue weighted by atomic mass is 16.6. The Morgan fingerprint density at radius 3 is 2.87 bits per heavy atom. The molecule has 0 spiro atoms. The van der Waals surface area contributed by atoms with Crippen molar-refractivity contribution in [1.29, 1.82) is 0 Å². The molecule has 23 heavy (non-hydrogen) atoms. The van der Waals surface area contributed by atoms with Crippen molar-refractivity contribution in [3.05, 3.63) is 23.8 Å². The van der Waals surface area contributed by atoms with Gasteiger partial charge in [0.1, 0.15) is 23.7 Å². The molecule has 0 aliphatic carbocycles. The summed E-state index contributed by atoms with van der Waals surface area (Å²) < 4.78 is 11.0. The number of hydrogen-bond donors (Lipinski definition) is 2. The van der Waals surface area contributed by atoms with E-state index in [0.29, 0.717) is 32.0 Å². The zero-order valence-corrected chi connectivity index (χ0v) is 14.3. The number of benzene rings is 1. The number of aromatic hydroxyl groups is 1. The predicted octanol–water partition coefficient (Wildman–Crippen LogP) is 2.67. The first-order valence-electron chi connectivity index (χ1n) is 7.97. The number of fused-ring (bicyclic) bond motifs is 1. The second-order valence-corrected chi connectivity index (χ2v) is 6.60. The number of amides is 1. The summed E-state index contributed by atoms with van der Waals surface area (Å²) >= 11 is 0. The van der Waals surface area contributed by atoms with Crippen molar-refractivity contribution in [3.63, 3.8) is 0 Å². The van der Waals surface area contributed by atoms with Crippen LogP contribution in [0.15, 0.2) is 18.2 Å². The maximum Gasteiger partial charge on any atom is 0.410 e. The Morgan fingerprint density at radius 1 is 1.48 bits per heavy atom. The number of rotatable bonds is 5. The van der Waals surface area contributed by atoms with Crippen molar-refractivity contribution in [3.8, 4) is 11.5 Å². The summed E-state index contributed by atoms with van der Waals surface area (Å²) in [6.45, 7) is 9.84. The van der Waals surface area contributed by atoms with Crippen LogP contribution in [0.25, 0.3) is 0 Å². The first-order valence-corrected chi connectivity index (χ1v) is 7.97. The molecule has 0 saturated carbocycles. The molecular weight excluding hydrogens is 296 g/mol. The Hall–Kier alpha value is -1.95. The van der Waals surface area contributed by atoms with Crippen LogP contribution in [-0.2, 0) is 4.74 Å². The lowest BCUT2D eigenvalue weighted by atomic mass is 10.1. The molecule has 1 aromatic carbocycles. The zero-order chi connectivity index (χ0) is 17.0. The molecule has 1 heterocycles. The first-order chi connectivity index (χ1) is 10.8. The minimum absolute atomic E-state index is 0.0722. The summed E-state index contributed by atoms with van der Waals surface area (Å²) in [5.41, 5.74) is 0.543. The summed E-state index contributed by atoms with van der Waals surface area (Å²) in [7, 11) is 0. The molecule has 0 saturated heterocycles. The van der Waals surface area contributed by atoms with Crippen LogP contribution in [-0.4, -0.2) is 47.9 Å². The average Bonchev–Trinajstić information content (AvgIpc) is 2.83. The van der Waals surface area contributed by atoms with Crippen molar-refractivity contribution in [2.24, 2.45) is 0 Å². The number of carbonyl (C=O) groups excluding carboxylic acids is 1. The Kier molecular flexibility index (Phi) is 5.36. The van der Waals surface area contributed by atoms with Crippen molar-refractivity contribution in [1.82, 2.24) is 10.2 Å². The molecule has 0 bridgehead atoms. The van der Waals surface area contributed by atoms with Gasteiger partial charge in [0, 0.05) is 31.3 Å². The number of nitrogens with zero attached hydrogens (tertiary/aromatic N) is 1. The molecule has 0 fully saturated rings. The fourth-order valence-corrected chi connectivity index (χ4v) is 2.45. The smallest absolute Gasteiger partial charge is 0.410 e. The molecule has 1 atom stereocenters. The highest BCUT2D eigenvalue weighted by Gasteiger charge is 2.25. The largest absolute Gasteiger partial charge is 0.508 e. The number of phenolic OH excluding ortho intramolecular Hbond substituents is 1. The van der Waals surface area contributed by atoms with Crippen LogP contribution in [0.5, 0.6) is 11.5 Å². The predicted molar refractivity (Wildman–Crippen MR) is 87.8 cm³/mol. The van der Waals surface area contributed by atoms with Crippen LogP contribution < -0.4 is 10.1 Å². The van der Waals surface area contributed by atoms with Crippen LogP contribution in [0.4, 0.5) is 4.79 Å². The second kappa shape index (κ2) is 7.08. The molecule has 0 aromatic heterocycles. The molecule has 2 N–H and O–H groups in total. The van der Waals surface area contributed by atoms with E-state index in [4.69, 9.17) is 9.47 Å². The van der Waals surface area contributed by atoms with Crippen LogP contribution >= 0.6 is 0 Å². The van der Waals surface area contributed by atoms with Crippen LogP contribution in [0.3, 0.4) is 0 Å². The van der Waals surface area contributed by atoms with E-state index in [0.717, 1.165) is 5.56 Å². The van der Waals surface area contributed by atoms with Gasteiger partial charge in [0.15, 0.2) is 0 Å². The topological polar surface area (TPSA) is 71.0 Å². The first kappa shape index (κ1) is 17.4. The summed E-state index contributed by atoms with van der Waals surface area (Å²) in [5, 5.41) is 12.8. The molecule has 128 valence electrons. The highest BCUT2D eigenvalue weighted by Crippen LogP contribution is 2.34. The van der Waals surface area contributed by atoms with Gasteiger partial charge in [-0.05, 0) is 39.8 Å². The normalized spacial score (nSPS) is 16.6. The lowest BCUT2D eigenvalue weighted by Gasteiger charge is -2.27. The van der Waals surface area contributed by atoms with Gasteiger partial charge in [-0.3, -0.25) is 0 Å². The average molecular weight is 322 g/mol. The highest BCUT2D eigenvalue weighted by molar-refractivity contribution is 5.68. The molecule has 6 heteroatoms. The van der Waals surface area contributed by atoms with Gasteiger partial charge in [-0.25, -0.2) is 4.79 Å². The SMILES string of the molecule is CCN(CCNC1COc2cc(O)ccc21)C(=O)OC(C)(C)C. The van der Waals surface area contributed by atoms with E-state index in [1.54, 1.807) is 17.0 Å². The monoisotopic (exact) mass is 322 g/mol. The third kappa shape index (κ3) is 4.76. The molecule has 6 nitrogen and oxygen atoms in total. The van der Waals surface area contributed by atoms with E-state index in [1.165, 1.54) is 0 Å². The molecule has 0 radical (unpaired) electrons. The number of nitrogens with one attached hydrogen (secondary N) is 1.